The maximum Gasteiger partial charge on any atom is 0.191 e. The molecule has 1 aromatic carbocycles. The van der Waals surface area contributed by atoms with Crippen LogP contribution in [0.1, 0.15) is 35.3 Å². The Hall–Kier alpha value is -2.84. The molecule has 4 aromatic rings. The number of carbonyl (C=O) groups is 1. The zero-order chi connectivity index (χ0) is 20.0. The predicted molar refractivity (Wildman–Crippen MR) is 110 cm³/mol. The molecule has 0 saturated carbocycles. The van der Waals surface area contributed by atoms with Crippen molar-refractivity contribution >= 4 is 40.2 Å². The van der Waals surface area contributed by atoms with Gasteiger partial charge in [0.1, 0.15) is 23.1 Å². The summed E-state index contributed by atoms with van der Waals surface area (Å²) < 4.78 is 1.70. The number of aromatic nitrogens is 5. The van der Waals surface area contributed by atoms with E-state index in [1.54, 1.807) is 29.2 Å². The SMILES string of the molecule is CC(O)C(=O)c1ccc2c(c1)nc(-c1cnn(C)c1)c1nc(C(C)S)ncc12. The summed E-state index contributed by atoms with van der Waals surface area (Å²) in [4.78, 5) is 26.1. The lowest BCUT2D eigenvalue weighted by molar-refractivity contribution is 0.0779. The molecule has 3 heterocycles. The van der Waals surface area contributed by atoms with Crippen LogP contribution in [0.25, 0.3) is 33.1 Å². The van der Waals surface area contributed by atoms with Crippen molar-refractivity contribution in [3.8, 4) is 11.3 Å². The van der Waals surface area contributed by atoms with Gasteiger partial charge in [0, 0.05) is 41.3 Å². The first-order valence-corrected chi connectivity index (χ1v) is 9.36. The first-order chi connectivity index (χ1) is 13.3. The number of aryl methyl sites for hydroxylation is 1. The van der Waals surface area contributed by atoms with Crippen LogP contribution in [-0.2, 0) is 7.05 Å². The second-order valence-corrected chi connectivity index (χ2v) is 7.58. The highest BCUT2D eigenvalue weighted by molar-refractivity contribution is 7.80. The zero-order valence-corrected chi connectivity index (χ0v) is 16.6. The van der Waals surface area contributed by atoms with Crippen molar-refractivity contribution in [3.05, 3.63) is 48.2 Å². The summed E-state index contributed by atoms with van der Waals surface area (Å²) in [7, 11) is 1.84. The fourth-order valence-electron chi connectivity index (χ4n) is 3.14. The lowest BCUT2D eigenvalue weighted by atomic mass is 10.0. The third-order valence-corrected chi connectivity index (χ3v) is 4.80. The fourth-order valence-corrected chi connectivity index (χ4v) is 3.26. The van der Waals surface area contributed by atoms with Crippen molar-refractivity contribution in [2.24, 2.45) is 7.05 Å². The van der Waals surface area contributed by atoms with Crippen LogP contribution in [-0.4, -0.2) is 41.7 Å². The minimum absolute atomic E-state index is 0.118. The first kappa shape index (κ1) is 18.5. The number of benzene rings is 1. The zero-order valence-electron chi connectivity index (χ0n) is 15.7. The van der Waals surface area contributed by atoms with Gasteiger partial charge in [-0.1, -0.05) is 12.1 Å². The van der Waals surface area contributed by atoms with Gasteiger partial charge in [-0.2, -0.15) is 17.7 Å². The van der Waals surface area contributed by atoms with Crippen molar-refractivity contribution in [2.45, 2.75) is 25.2 Å². The fraction of sp³-hybridized carbons (Fsp3) is 0.250. The van der Waals surface area contributed by atoms with E-state index in [9.17, 15) is 9.90 Å². The molecular weight excluding hydrogens is 374 g/mol. The van der Waals surface area contributed by atoms with Gasteiger partial charge < -0.3 is 5.11 Å². The normalized spacial score (nSPS) is 13.8. The molecule has 0 fully saturated rings. The number of aliphatic hydroxyl groups is 1. The molecule has 0 bridgehead atoms. The van der Waals surface area contributed by atoms with Gasteiger partial charge in [0.25, 0.3) is 0 Å². The number of fused-ring (bicyclic) bond motifs is 3. The Kier molecular flexibility index (Phi) is 4.60. The van der Waals surface area contributed by atoms with Gasteiger partial charge in [0.05, 0.1) is 17.0 Å². The van der Waals surface area contributed by atoms with Gasteiger partial charge in [0.2, 0.25) is 0 Å². The maximum absolute atomic E-state index is 12.2. The molecule has 4 rings (SSSR count). The van der Waals surface area contributed by atoms with Crippen LogP contribution in [0.3, 0.4) is 0 Å². The van der Waals surface area contributed by atoms with Crippen LogP contribution in [0.4, 0.5) is 0 Å². The Morgan fingerprint density at radius 1 is 1.18 bits per heavy atom. The minimum Gasteiger partial charge on any atom is -0.385 e. The standard InChI is InChI=1S/C20H19N5O2S/c1-10(26)19(27)12-4-5-14-15-8-21-20(11(2)28)24-18(15)17(23-16(14)6-12)13-7-22-25(3)9-13/h4-11,26,28H,1-3H3. The molecule has 0 aliphatic rings. The highest BCUT2D eigenvalue weighted by Crippen LogP contribution is 2.32. The van der Waals surface area contributed by atoms with Gasteiger partial charge in [-0.15, -0.1) is 0 Å². The summed E-state index contributed by atoms with van der Waals surface area (Å²) in [6, 6.07) is 5.21. The molecule has 1 N–H and O–H groups in total. The number of thiol groups is 1. The molecule has 7 nitrogen and oxygen atoms in total. The Morgan fingerprint density at radius 2 is 1.96 bits per heavy atom. The van der Waals surface area contributed by atoms with E-state index in [-0.39, 0.29) is 11.0 Å². The van der Waals surface area contributed by atoms with Crippen molar-refractivity contribution in [2.75, 3.05) is 0 Å². The molecule has 0 radical (unpaired) electrons. The number of carbonyl (C=O) groups excluding carboxylic acids is 1. The van der Waals surface area contributed by atoms with E-state index in [1.807, 2.05) is 26.2 Å². The molecule has 0 amide bonds. The highest BCUT2D eigenvalue weighted by Gasteiger charge is 2.18. The molecule has 0 spiro atoms. The number of rotatable bonds is 4. The van der Waals surface area contributed by atoms with Crippen LogP contribution in [0.5, 0.6) is 0 Å². The molecule has 3 aromatic heterocycles. The summed E-state index contributed by atoms with van der Waals surface area (Å²) in [6.07, 6.45) is 4.29. The Balaban J connectivity index is 2.06. The van der Waals surface area contributed by atoms with Gasteiger partial charge >= 0.3 is 0 Å². The van der Waals surface area contributed by atoms with Crippen LogP contribution in [0, 0.1) is 0 Å². The van der Waals surface area contributed by atoms with Gasteiger partial charge in [0.15, 0.2) is 5.78 Å². The van der Waals surface area contributed by atoms with Crippen molar-refractivity contribution in [1.82, 2.24) is 24.7 Å². The first-order valence-electron chi connectivity index (χ1n) is 8.85. The van der Waals surface area contributed by atoms with E-state index in [1.165, 1.54) is 6.92 Å². The molecule has 0 aliphatic heterocycles. The van der Waals surface area contributed by atoms with Crippen LogP contribution in [0.2, 0.25) is 0 Å². The quantitative estimate of drug-likeness (QED) is 0.314. The van der Waals surface area contributed by atoms with Crippen molar-refractivity contribution in [1.29, 1.82) is 0 Å². The van der Waals surface area contributed by atoms with Crippen LogP contribution >= 0.6 is 12.6 Å². The monoisotopic (exact) mass is 393 g/mol. The van der Waals surface area contributed by atoms with Crippen molar-refractivity contribution in [3.63, 3.8) is 0 Å². The molecule has 0 aliphatic carbocycles. The van der Waals surface area contributed by atoms with Crippen molar-refractivity contribution < 1.29 is 9.90 Å². The third kappa shape index (κ3) is 3.14. The minimum atomic E-state index is -1.07. The summed E-state index contributed by atoms with van der Waals surface area (Å²) >= 11 is 4.44. The average Bonchev–Trinajstić information content (AvgIpc) is 3.11. The van der Waals surface area contributed by atoms with Crippen LogP contribution < -0.4 is 0 Å². The molecule has 2 unspecified atom stereocenters. The number of aliphatic hydroxyl groups excluding tert-OH is 1. The van der Waals surface area contributed by atoms with Crippen LogP contribution in [0.15, 0.2) is 36.8 Å². The molecule has 8 heteroatoms. The average molecular weight is 393 g/mol. The van der Waals surface area contributed by atoms with E-state index in [2.05, 4.69) is 22.7 Å². The largest absolute Gasteiger partial charge is 0.385 e. The van der Waals surface area contributed by atoms with E-state index in [0.29, 0.717) is 28.1 Å². The summed E-state index contributed by atoms with van der Waals surface area (Å²) in [6.45, 7) is 3.37. The lowest BCUT2D eigenvalue weighted by Gasteiger charge is -2.11. The molecule has 0 saturated heterocycles. The highest BCUT2D eigenvalue weighted by atomic mass is 32.1. The van der Waals surface area contributed by atoms with Gasteiger partial charge in [-0.05, 0) is 19.9 Å². The number of ketones is 1. The molecule has 142 valence electrons. The Morgan fingerprint density at radius 3 is 2.61 bits per heavy atom. The molecule has 28 heavy (non-hydrogen) atoms. The molecular formula is C20H19N5O2S. The number of nitrogens with zero attached hydrogens (tertiary/aromatic N) is 5. The van der Waals surface area contributed by atoms with E-state index in [4.69, 9.17) is 9.97 Å². The van der Waals surface area contributed by atoms with Gasteiger partial charge in [-0.25, -0.2) is 15.0 Å². The summed E-state index contributed by atoms with van der Waals surface area (Å²) in [5, 5.41) is 15.4. The summed E-state index contributed by atoms with van der Waals surface area (Å²) in [5.74, 6) is 0.269. The maximum atomic E-state index is 12.2. The van der Waals surface area contributed by atoms with E-state index >= 15 is 0 Å². The third-order valence-electron chi connectivity index (χ3n) is 4.57. The number of pyridine rings is 1. The smallest absolute Gasteiger partial charge is 0.191 e. The number of hydrogen-bond acceptors (Lipinski definition) is 7. The Bertz CT molecular complexity index is 1220. The molecule has 2 atom stereocenters. The second-order valence-electron chi connectivity index (χ2n) is 6.80. The van der Waals surface area contributed by atoms with E-state index in [0.717, 1.165) is 16.3 Å². The number of Topliss-reactive ketones (excluding diaryl/α,β-unsaturated/α-hetero) is 1. The topological polar surface area (TPSA) is 93.8 Å². The van der Waals surface area contributed by atoms with E-state index < -0.39 is 6.10 Å². The second kappa shape index (κ2) is 6.96. The predicted octanol–water partition coefficient (Wildman–Crippen LogP) is 3.13. The number of hydrogen-bond donors (Lipinski definition) is 2. The van der Waals surface area contributed by atoms with Gasteiger partial charge in [-0.3, -0.25) is 9.48 Å². The Labute approximate surface area is 166 Å². The lowest BCUT2D eigenvalue weighted by Crippen LogP contribution is -2.15. The summed E-state index contributed by atoms with van der Waals surface area (Å²) in [5.41, 5.74) is 3.23.